The summed E-state index contributed by atoms with van der Waals surface area (Å²) in [5.74, 6) is 0. The Morgan fingerprint density at radius 2 is 1.90 bits per heavy atom. The van der Waals surface area contributed by atoms with Gasteiger partial charge in [-0.2, -0.15) is 0 Å². The average Bonchev–Trinajstić information content (AvgIpc) is 2.55. The molecule has 1 saturated heterocycles. The lowest BCUT2D eigenvalue weighted by atomic mass is 10.0. The second kappa shape index (κ2) is 8.52. The first-order valence-corrected chi connectivity index (χ1v) is 8.43. The van der Waals surface area contributed by atoms with E-state index in [0.717, 1.165) is 19.0 Å². The third kappa shape index (κ3) is 5.10. The van der Waals surface area contributed by atoms with Crippen LogP contribution < -0.4 is 5.73 Å². The maximum Gasteiger partial charge on any atom is 0.0295 e. The Balaban J connectivity index is 1.66. The second-order valence-electron chi connectivity index (χ2n) is 6.31. The number of hydrogen-bond donors (Lipinski definition) is 1. The number of rotatable bonds is 7. The van der Waals surface area contributed by atoms with E-state index in [0.29, 0.717) is 0 Å². The molecule has 2 rings (SSSR count). The molecular formula is C18H31N3. The van der Waals surface area contributed by atoms with Crippen molar-refractivity contribution in [2.75, 3.05) is 33.2 Å². The zero-order valence-corrected chi connectivity index (χ0v) is 13.7. The molecule has 1 aliphatic heterocycles. The van der Waals surface area contributed by atoms with Gasteiger partial charge in [-0.25, -0.2) is 0 Å². The molecular weight excluding hydrogens is 258 g/mol. The highest BCUT2D eigenvalue weighted by molar-refractivity contribution is 5.18. The van der Waals surface area contributed by atoms with Crippen LogP contribution in [0.1, 0.15) is 44.2 Å². The molecule has 0 spiro atoms. The molecule has 0 saturated carbocycles. The summed E-state index contributed by atoms with van der Waals surface area (Å²) in [6, 6.07) is 11.4. The van der Waals surface area contributed by atoms with Gasteiger partial charge in [-0.1, -0.05) is 37.3 Å². The SMILES string of the molecule is CCN1CCC(N(C)CCCC(N)c2ccccc2)CC1. The molecule has 0 radical (unpaired) electrons. The molecule has 1 atom stereocenters. The van der Waals surface area contributed by atoms with Crippen LogP contribution in [-0.4, -0.2) is 49.1 Å². The Kier molecular flexibility index (Phi) is 6.68. The molecule has 3 heteroatoms. The topological polar surface area (TPSA) is 32.5 Å². The summed E-state index contributed by atoms with van der Waals surface area (Å²) in [5, 5.41) is 0. The maximum atomic E-state index is 6.27. The molecule has 1 aromatic rings. The van der Waals surface area contributed by atoms with Crippen molar-refractivity contribution in [2.24, 2.45) is 5.73 Å². The Morgan fingerprint density at radius 3 is 2.52 bits per heavy atom. The Morgan fingerprint density at radius 1 is 1.24 bits per heavy atom. The molecule has 0 bridgehead atoms. The van der Waals surface area contributed by atoms with Crippen molar-refractivity contribution < 1.29 is 0 Å². The van der Waals surface area contributed by atoms with E-state index in [2.05, 4.69) is 48.0 Å². The number of benzene rings is 1. The lowest BCUT2D eigenvalue weighted by molar-refractivity contribution is 0.130. The Bertz CT molecular complexity index is 385. The minimum absolute atomic E-state index is 0.182. The van der Waals surface area contributed by atoms with E-state index < -0.39 is 0 Å². The lowest BCUT2D eigenvalue weighted by Gasteiger charge is -2.36. The Hall–Kier alpha value is -0.900. The fourth-order valence-electron chi connectivity index (χ4n) is 3.29. The monoisotopic (exact) mass is 289 g/mol. The van der Waals surface area contributed by atoms with Gasteiger partial charge in [-0.05, 0) is 64.5 Å². The summed E-state index contributed by atoms with van der Waals surface area (Å²) < 4.78 is 0. The minimum Gasteiger partial charge on any atom is -0.324 e. The molecule has 118 valence electrons. The molecule has 3 nitrogen and oxygen atoms in total. The number of piperidine rings is 1. The standard InChI is InChI=1S/C18H31N3/c1-3-21-14-11-17(12-15-21)20(2)13-7-10-18(19)16-8-5-4-6-9-16/h4-6,8-9,17-18H,3,7,10-15,19H2,1-2H3. The van der Waals surface area contributed by atoms with Gasteiger partial charge in [-0.3, -0.25) is 0 Å². The molecule has 1 heterocycles. The number of nitrogens with zero attached hydrogens (tertiary/aromatic N) is 2. The zero-order chi connectivity index (χ0) is 15.1. The first kappa shape index (κ1) is 16.5. The van der Waals surface area contributed by atoms with Crippen LogP contribution in [0.25, 0.3) is 0 Å². The highest BCUT2D eigenvalue weighted by Crippen LogP contribution is 2.18. The average molecular weight is 289 g/mol. The number of hydrogen-bond acceptors (Lipinski definition) is 3. The van der Waals surface area contributed by atoms with Crippen LogP contribution in [-0.2, 0) is 0 Å². The van der Waals surface area contributed by atoms with Crippen LogP contribution in [0, 0.1) is 0 Å². The fraction of sp³-hybridized carbons (Fsp3) is 0.667. The van der Waals surface area contributed by atoms with Crippen LogP contribution in [0.2, 0.25) is 0 Å². The Labute approximate surface area is 130 Å². The number of likely N-dealkylation sites (tertiary alicyclic amines) is 1. The predicted molar refractivity (Wildman–Crippen MR) is 90.4 cm³/mol. The highest BCUT2D eigenvalue weighted by atomic mass is 15.2. The second-order valence-corrected chi connectivity index (χ2v) is 6.31. The van der Waals surface area contributed by atoms with E-state index in [1.807, 2.05) is 6.07 Å². The van der Waals surface area contributed by atoms with Gasteiger partial charge in [0.05, 0.1) is 0 Å². The summed E-state index contributed by atoms with van der Waals surface area (Å²) in [7, 11) is 2.28. The van der Waals surface area contributed by atoms with Gasteiger partial charge >= 0.3 is 0 Å². The third-order valence-electron chi connectivity index (χ3n) is 4.88. The van der Waals surface area contributed by atoms with Crippen molar-refractivity contribution >= 4 is 0 Å². The summed E-state index contributed by atoms with van der Waals surface area (Å²) in [6.07, 6.45) is 4.88. The molecule has 1 aliphatic rings. The first-order valence-electron chi connectivity index (χ1n) is 8.43. The molecule has 0 aliphatic carbocycles. The maximum absolute atomic E-state index is 6.27. The van der Waals surface area contributed by atoms with Crippen LogP contribution in [0.3, 0.4) is 0 Å². The third-order valence-corrected chi connectivity index (χ3v) is 4.88. The van der Waals surface area contributed by atoms with Crippen molar-refractivity contribution in [2.45, 2.75) is 44.7 Å². The lowest BCUT2D eigenvalue weighted by Crippen LogP contribution is -2.43. The highest BCUT2D eigenvalue weighted by Gasteiger charge is 2.21. The van der Waals surface area contributed by atoms with Gasteiger partial charge in [-0.15, -0.1) is 0 Å². The van der Waals surface area contributed by atoms with E-state index in [1.54, 1.807) is 0 Å². The summed E-state index contributed by atoms with van der Waals surface area (Å²) >= 11 is 0. The molecule has 1 unspecified atom stereocenters. The van der Waals surface area contributed by atoms with Crippen LogP contribution in [0.15, 0.2) is 30.3 Å². The van der Waals surface area contributed by atoms with Crippen molar-refractivity contribution in [3.63, 3.8) is 0 Å². The minimum atomic E-state index is 0.182. The van der Waals surface area contributed by atoms with E-state index in [-0.39, 0.29) is 6.04 Å². The molecule has 1 fully saturated rings. The van der Waals surface area contributed by atoms with E-state index in [1.165, 1.54) is 44.5 Å². The molecule has 2 N–H and O–H groups in total. The zero-order valence-electron chi connectivity index (χ0n) is 13.7. The molecule has 21 heavy (non-hydrogen) atoms. The van der Waals surface area contributed by atoms with E-state index in [9.17, 15) is 0 Å². The van der Waals surface area contributed by atoms with Crippen molar-refractivity contribution in [1.29, 1.82) is 0 Å². The summed E-state index contributed by atoms with van der Waals surface area (Å²) in [4.78, 5) is 5.10. The first-order chi connectivity index (χ1) is 10.2. The van der Waals surface area contributed by atoms with Gasteiger partial charge in [0.25, 0.3) is 0 Å². The quantitative estimate of drug-likeness (QED) is 0.838. The van der Waals surface area contributed by atoms with Crippen LogP contribution in [0.5, 0.6) is 0 Å². The molecule has 0 amide bonds. The van der Waals surface area contributed by atoms with Gasteiger partial charge < -0.3 is 15.5 Å². The van der Waals surface area contributed by atoms with E-state index >= 15 is 0 Å². The van der Waals surface area contributed by atoms with E-state index in [4.69, 9.17) is 5.73 Å². The molecule has 1 aromatic carbocycles. The smallest absolute Gasteiger partial charge is 0.0295 e. The van der Waals surface area contributed by atoms with Gasteiger partial charge in [0, 0.05) is 12.1 Å². The summed E-state index contributed by atoms with van der Waals surface area (Å²) in [6.45, 7) is 7.14. The van der Waals surface area contributed by atoms with Gasteiger partial charge in [0.2, 0.25) is 0 Å². The van der Waals surface area contributed by atoms with Crippen molar-refractivity contribution in [1.82, 2.24) is 9.80 Å². The number of nitrogens with two attached hydrogens (primary N) is 1. The van der Waals surface area contributed by atoms with Gasteiger partial charge in [0.1, 0.15) is 0 Å². The normalized spacial score (nSPS) is 19.0. The summed E-state index contributed by atoms with van der Waals surface area (Å²) in [5.41, 5.74) is 7.53. The predicted octanol–water partition coefficient (Wildman–Crippen LogP) is 2.88. The van der Waals surface area contributed by atoms with Crippen molar-refractivity contribution in [3.05, 3.63) is 35.9 Å². The van der Waals surface area contributed by atoms with Crippen LogP contribution >= 0.6 is 0 Å². The molecule has 0 aromatic heterocycles. The largest absolute Gasteiger partial charge is 0.324 e. The van der Waals surface area contributed by atoms with Crippen LogP contribution in [0.4, 0.5) is 0 Å². The van der Waals surface area contributed by atoms with Crippen molar-refractivity contribution in [3.8, 4) is 0 Å². The van der Waals surface area contributed by atoms with Gasteiger partial charge in [0.15, 0.2) is 0 Å². The fourth-order valence-corrected chi connectivity index (χ4v) is 3.29.